The smallest absolute Gasteiger partial charge is 0.0742 e. The van der Waals surface area contributed by atoms with Crippen molar-refractivity contribution in [2.75, 3.05) is 0 Å². The SMILES string of the molecule is CCCCCC[C@@H](C#N)c1c(Cl)cccc1Cl. The number of halogens is 2. The summed E-state index contributed by atoms with van der Waals surface area (Å²) in [6.45, 7) is 2.17. The molecule has 0 bridgehead atoms. The van der Waals surface area contributed by atoms with E-state index in [4.69, 9.17) is 23.2 Å². The standard InChI is InChI=1S/C14H17Cl2N/c1-2-3-4-5-7-11(10-17)14-12(15)8-6-9-13(14)16/h6,8-9,11H,2-5,7H2,1H3/t11-/m0/s1. The van der Waals surface area contributed by atoms with Gasteiger partial charge in [0.1, 0.15) is 0 Å². The largest absolute Gasteiger partial charge is 0.198 e. The molecule has 0 spiro atoms. The third-order valence-electron chi connectivity index (χ3n) is 2.85. The number of nitriles is 1. The molecule has 0 fully saturated rings. The molecule has 0 amide bonds. The van der Waals surface area contributed by atoms with E-state index in [-0.39, 0.29) is 5.92 Å². The normalized spacial score (nSPS) is 12.1. The summed E-state index contributed by atoms with van der Waals surface area (Å²) in [6.07, 6.45) is 5.46. The van der Waals surface area contributed by atoms with Gasteiger partial charge in [0.25, 0.3) is 0 Å². The summed E-state index contributed by atoms with van der Waals surface area (Å²) in [4.78, 5) is 0. The quantitative estimate of drug-likeness (QED) is 0.620. The van der Waals surface area contributed by atoms with Gasteiger partial charge in [0.05, 0.1) is 12.0 Å². The summed E-state index contributed by atoms with van der Waals surface area (Å²) in [7, 11) is 0. The van der Waals surface area contributed by atoms with Crippen molar-refractivity contribution >= 4 is 23.2 Å². The highest BCUT2D eigenvalue weighted by Crippen LogP contribution is 2.34. The molecular weight excluding hydrogens is 253 g/mol. The van der Waals surface area contributed by atoms with Crippen LogP contribution in [0.3, 0.4) is 0 Å². The Morgan fingerprint density at radius 1 is 1.18 bits per heavy atom. The van der Waals surface area contributed by atoms with Crippen LogP contribution in [-0.2, 0) is 0 Å². The molecule has 0 saturated carbocycles. The van der Waals surface area contributed by atoms with Crippen LogP contribution < -0.4 is 0 Å². The number of hydrogen-bond acceptors (Lipinski definition) is 1. The van der Waals surface area contributed by atoms with Crippen molar-refractivity contribution in [2.45, 2.75) is 44.9 Å². The number of nitrogens with zero attached hydrogens (tertiary/aromatic N) is 1. The Balaban J connectivity index is 2.70. The van der Waals surface area contributed by atoms with Crippen molar-refractivity contribution in [3.63, 3.8) is 0 Å². The maximum absolute atomic E-state index is 9.22. The van der Waals surface area contributed by atoms with Crippen LogP contribution in [0, 0.1) is 11.3 Å². The average Bonchev–Trinajstić information content (AvgIpc) is 2.31. The summed E-state index contributed by atoms with van der Waals surface area (Å²) in [5.74, 6) is -0.187. The Kier molecular flexibility index (Phi) is 6.40. The fraction of sp³-hybridized carbons (Fsp3) is 0.500. The lowest BCUT2D eigenvalue weighted by Gasteiger charge is -2.12. The van der Waals surface area contributed by atoms with E-state index in [1.165, 1.54) is 12.8 Å². The first-order chi connectivity index (χ1) is 8.20. The molecule has 0 saturated heterocycles. The van der Waals surface area contributed by atoms with Crippen LogP contribution in [0.2, 0.25) is 10.0 Å². The van der Waals surface area contributed by atoms with Gasteiger partial charge in [-0.3, -0.25) is 0 Å². The van der Waals surface area contributed by atoms with Gasteiger partial charge in [-0.15, -0.1) is 0 Å². The van der Waals surface area contributed by atoms with E-state index in [1.54, 1.807) is 18.2 Å². The van der Waals surface area contributed by atoms with Gasteiger partial charge in [-0.05, 0) is 18.6 Å². The van der Waals surface area contributed by atoms with E-state index >= 15 is 0 Å². The van der Waals surface area contributed by atoms with E-state index in [9.17, 15) is 5.26 Å². The monoisotopic (exact) mass is 269 g/mol. The first kappa shape index (κ1) is 14.4. The Labute approximate surface area is 113 Å². The van der Waals surface area contributed by atoms with Gasteiger partial charge in [0.2, 0.25) is 0 Å². The van der Waals surface area contributed by atoms with Crippen molar-refractivity contribution in [3.05, 3.63) is 33.8 Å². The van der Waals surface area contributed by atoms with Gasteiger partial charge < -0.3 is 0 Å². The summed E-state index contributed by atoms with van der Waals surface area (Å²) in [5.41, 5.74) is 0.787. The van der Waals surface area contributed by atoms with Gasteiger partial charge >= 0.3 is 0 Å². The van der Waals surface area contributed by atoms with Crippen LogP contribution in [-0.4, -0.2) is 0 Å². The predicted octanol–water partition coefficient (Wildman–Crippen LogP) is 5.57. The van der Waals surface area contributed by atoms with Gasteiger partial charge in [0, 0.05) is 15.6 Å². The molecule has 0 unspecified atom stereocenters. The van der Waals surface area contributed by atoms with Crippen LogP contribution in [0.1, 0.15) is 50.5 Å². The second-order valence-corrected chi connectivity index (χ2v) is 4.98. The molecule has 0 aliphatic heterocycles. The Morgan fingerprint density at radius 2 is 1.82 bits per heavy atom. The molecule has 1 aromatic carbocycles. The van der Waals surface area contributed by atoms with Crippen molar-refractivity contribution in [3.8, 4) is 6.07 Å². The zero-order valence-corrected chi connectivity index (χ0v) is 11.6. The maximum atomic E-state index is 9.22. The molecule has 3 heteroatoms. The number of unbranched alkanes of at least 4 members (excludes halogenated alkanes) is 3. The minimum absolute atomic E-state index is 0.187. The first-order valence-corrected chi connectivity index (χ1v) is 6.79. The second-order valence-electron chi connectivity index (χ2n) is 4.17. The van der Waals surface area contributed by atoms with E-state index in [0.29, 0.717) is 10.0 Å². The lowest BCUT2D eigenvalue weighted by molar-refractivity contribution is 0.608. The van der Waals surface area contributed by atoms with Gasteiger partial charge in [-0.2, -0.15) is 5.26 Å². The van der Waals surface area contributed by atoms with E-state index in [0.717, 1.165) is 24.8 Å². The van der Waals surface area contributed by atoms with Crippen molar-refractivity contribution in [1.82, 2.24) is 0 Å². The number of benzene rings is 1. The fourth-order valence-corrected chi connectivity index (χ4v) is 2.55. The molecule has 1 aromatic rings. The predicted molar refractivity (Wildman–Crippen MR) is 73.6 cm³/mol. The van der Waals surface area contributed by atoms with Crippen molar-refractivity contribution in [1.29, 1.82) is 5.26 Å². The molecular formula is C14H17Cl2N. The molecule has 0 aliphatic rings. The minimum Gasteiger partial charge on any atom is -0.198 e. The maximum Gasteiger partial charge on any atom is 0.0742 e. The van der Waals surface area contributed by atoms with Gasteiger partial charge in [-0.1, -0.05) is 61.9 Å². The van der Waals surface area contributed by atoms with Crippen LogP contribution in [0.4, 0.5) is 0 Å². The Bertz CT molecular complexity index is 375. The lowest BCUT2D eigenvalue weighted by Crippen LogP contribution is -1.98. The molecule has 0 N–H and O–H groups in total. The first-order valence-electron chi connectivity index (χ1n) is 6.04. The molecule has 0 aliphatic carbocycles. The van der Waals surface area contributed by atoms with Crippen molar-refractivity contribution < 1.29 is 0 Å². The van der Waals surface area contributed by atoms with E-state index in [2.05, 4.69) is 13.0 Å². The Morgan fingerprint density at radius 3 is 2.35 bits per heavy atom. The minimum atomic E-state index is -0.187. The highest BCUT2D eigenvalue weighted by atomic mass is 35.5. The van der Waals surface area contributed by atoms with Crippen LogP contribution >= 0.6 is 23.2 Å². The molecule has 1 rings (SSSR count). The highest BCUT2D eigenvalue weighted by Gasteiger charge is 2.16. The molecule has 1 atom stereocenters. The van der Waals surface area contributed by atoms with Crippen LogP contribution in [0.15, 0.2) is 18.2 Å². The molecule has 92 valence electrons. The average molecular weight is 270 g/mol. The summed E-state index contributed by atoms with van der Waals surface area (Å²) >= 11 is 12.2. The highest BCUT2D eigenvalue weighted by molar-refractivity contribution is 6.36. The van der Waals surface area contributed by atoms with Crippen molar-refractivity contribution in [2.24, 2.45) is 0 Å². The fourth-order valence-electron chi connectivity index (χ4n) is 1.89. The molecule has 0 heterocycles. The molecule has 0 aromatic heterocycles. The third-order valence-corrected chi connectivity index (χ3v) is 3.51. The Hall–Kier alpha value is -0.710. The topological polar surface area (TPSA) is 23.8 Å². The molecule has 0 radical (unpaired) electrons. The summed E-state index contributed by atoms with van der Waals surface area (Å²) < 4.78 is 0. The zero-order chi connectivity index (χ0) is 12.7. The van der Waals surface area contributed by atoms with Gasteiger partial charge in [-0.25, -0.2) is 0 Å². The van der Waals surface area contributed by atoms with E-state index < -0.39 is 0 Å². The number of hydrogen-bond donors (Lipinski definition) is 0. The van der Waals surface area contributed by atoms with E-state index in [1.807, 2.05) is 0 Å². The van der Waals surface area contributed by atoms with Crippen LogP contribution in [0.25, 0.3) is 0 Å². The summed E-state index contributed by atoms with van der Waals surface area (Å²) in [6, 6.07) is 7.69. The zero-order valence-electron chi connectivity index (χ0n) is 10.0. The molecule has 1 nitrogen and oxygen atoms in total. The second kappa shape index (κ2) is 7.58. The third kappa shape index (κ3) is 4.22. The number of rotatable bonds is 6. The lowest BCUT2D eigenvalue weighted by atomic mass is 9.94. The summed E-state index contributed by atoms with van der Waals surface area (Å²) in [5, 5.41) is 10.4. The molecule has 17 heavy (non-hydrogen) atoms. The van der Waals surface area contributed by atoms with Gasteiger partial charge in [0.15, 0.2) is 0 Å². The van der Waals surface area contributed by atoms with Crippen LogP contribution in [0.5, 0.6) is 0 Å².